The third kappa shape index (κ3) is 3.95. The van der Waals surface area contributed by atoms with Crippen molar-refractivity contribution in [1.82, 2.24) is 20.1 Å². The minimum atomic E-state index is -0.182. The standard InChI is InChI=1S/C16H17N5OS/c1-17-16-20-14(11-23-16)15(22)18-7-13-8-19-21(10-13)9-12-5-3-2-4-6-12/h2-6,8,10-11H,7,9H2,1H3,(H,17,20)(H,18,22). The number of amides is 1. The molecule has 0 unspecified atom stereocenters. The molecule has 0 spiro atoms. The summed E-state index contributed by atoms with van der Waals surface area (Å²) in [7, 11) is 1.78. The first-order valence-corrected chi connectivity index (χ1v) is 8.09. The average molecular weight is 327 g/mol. The van der Waals surface area contributed by atoms with Crippen LogP contribution in [0, 0.1) is 0 Å². The highest BCUT2D eigenvalue weighted by molar-refractivity contribution is 7.13. The zero-order valence-corrected chi connectivity index (χ0v) is 13.5. The molecular weight excluding hydrogens is 310 g/mol. The van der Waals surface area contributed by atoms with Crippen molar-refractivity contribution >= 4 is 22.4 Å². The average Bonchev–Trinajstić information content (AvgIpc) is 3.23. The van der Waals surface area contributed by atoms with Crippen molar-refractivity contribution < 1.29 is 4.79 Å². The minimum absolute atomic E-state index is 0.182. The second-order valence-corrected chi connectivity index (χ2v) is 5.86. The zero-order valence-electron chi connectivity index (χ0n) is 12.7. The Bertz CT molecular complexity index is 781. The van der Waals surface area contributed by atoms with E-state index in [2.05, 4.69) is 32.8 Å². The third-order valence-electron chi connectivity index (χ3n) is 3.28. The van der Waals surface area contributed by atoms with Gasteiger partial charge in [0.15, 0.2) is 5.13 Å². The van der Waals surface area contributed by atoms with Crippen LogP contribution in [-0.2, 0) is 13.1 Å². The molecule has 118 valence electrons. The van der Waals surface area contributed by atoms with Crippen LogP contribution >= 0.6 is 11.3 Å². The molecule has 0 radical (unpaired) electrons. The summed E-state index contributed by atoms with van der Waals surface area (Å²) in [6.45, 7) is 1.15. The van der Waals surface area contributed by atoms with E-state index in [9.17, 15) is 4.79 Å². The van der Waals surface area contributed by atoms with Gasteiger partial charge in [-0.25, -0.2) is 4.98 Å². The van der Waals surface area contributed by atoms with E-state index in [0.717, 1.165) is 10.7 Å². The molecule has 0 fully saturated rings. The van der Waals surface area contributed by atoms with Gasteiger partial charge in [0, 0.05) is 30.7 Å². The van der Waals surface area contributed by atoms with Gasteiger partial charge in [0.1, 0.15) is 5.69 Å². The number of benzene rings is 1. The van der Waals surface area contributed by atoms with E-state index in [4.69, 9.17) is 0 Å². The molecule has 7 heteroatoms. The van der Waals surface area contributed by atoms with Crippen molar-refractivity contribution in [2.24, 2.45) is 0 Å². The molecule has 6 nitrogen and oxygen atoms in total. The zero-order chi connectivity index (χ0) is 16.1. The first kappa shape index (κ1) is 15.2. The molecule has 23 heavy (non-hydrogen) atoms. The van der Waals surface area contributed by atoms with Crippen LogP contribution in [0.3, 0.4) is 0 Å². The van der Waals surface area contributed by atoms with Crippen LogP contribution in [-0.4, -0.2) is 27.7 Å². The van der Waals surface area contributed by atoms with Crippen LogP contribution in [0.5, 0.6) is 0 Å². The Labute approximate surface area is 138 Å². The second-order valence-electron chi connectivity index (χ2n) is 5.00. The molecule has 3 aromatic rings. The largest absolute Gasteiger partial charge is 0.365 e. The normalized spacial score (nSPS) is 10.5. The lowest BCUT2D eigenvalue weighted by Gasteiger charge is -2.02. The van der Waals surface area contributed by atoms with Gasteiger partial charge in [0.2, 0.25) is 0 Å². The predicted molar refractivity (Wildman–Crippen MR) is 90.6 cm³/mol. The fourth-order valence-electron chi connectivity index (χ4n) is 2.12. The van der Waals surface area contributed by atoms with Crippen LogP contribution in [0.1, 0.15) is 21.6 Å². The van der Waals surface area contributed by atoms with Gasteiger partial charge in [-0.15, -0.1) is 11.3 Å². The van der Waals surface area contributed by atoms with E-state index in [0.29, 0.717) is 18.8 Å². The molecular formula is C16H17N5OS. The number of rotatable bonds is 6. The number of nitrogens with zero attached hydrogens (tertiary/aromatic N) is 3. The van der Waals surface area contributed by atoms with E-state index in [1.807, 2.05) is 29.1 Å². The van der Waals surface area contributed by atoms with E-state index >= 15 is 0 Å². The molecule has 3 rings (SSSR count). The predicted octanol–water partition coefficient (Wildman–Crippen LogP) is 2.36. The molecule has 2 aromatic heterocycles. The van der Waals surface area contributed by atoms with E-state index in [1.165, 1.54) is 16.9 Å². The van der Waals surface area contributed by atoms with Crippen molar-refractivity contribution in [2.75, 3.05) is 12.4 Å². The molecule has 0 bridgehead atoms. The Hall–Kier alpha value is -2.67. The topological polar surface area (TPSA) is 71.8 Å². The van der Waals surface area contributed by atoms with Crippen LogP contribution in [0.15, 0.2) is 48.1 Å². The number of hydrogen-bond donors (Lipinski definition) is 2. The minimum Gasteiger partial charge on any atom is -0.365 e. The van der Waals surface area contributed by atoms with Crippen molar-refractivity contribution in [3.63, 3.8) is 0 Å². The monoisotopic (exact) mass is 327 g/mol. The summed E-state index contributed by atoms with van der Waals surface area (Å²) in [4.78, 5) is 16.2. The van der Waals surface area contributed by atoms with Gasteiger partial charge in [0.25, 0.3) is 5.91 Å². The maximum atomic E-state index is 12.0. The number of anilines is 1. The quantitative estimate of drug-likeness (QED) is 0.729. The van der Waals surface area contributed by atoms with Crippen LogP contribution in [0.2, 0.25) is 0 Å². The van der Waals surface area contributed by atoms with E-state index in [-0.39, 0.29) is 5.91 Å². The molecule has 0 aliphatic rings. The van der Waals surface area contributed by atoms with Crippen molar-refractivity contribution in [3.8, 4) is 0 Å². The van der Waals surface area contributed by atoms with Gasteiger partial charge in [-0.1, -0.05) is 30.3 Å². The molecule has 0 saturated carbocycles. The number of hydrogen-bond acceptors (Lipinski definition) is 5. The maximum absolute atomic E-state index is 12.0. The molecule has 0 aliphatic heterocycles. The summed E-state index contributed by atoms with van der Waals surface area (Å²) < 4.78 is 1.86. The van der Waals surface area contributed by atoms with Gasteiger partial charge in [-0.3, -0.25) is 9.48 Å². The Morgan fingerprint density at radius 2 is 2.09 bits per heavy atom. The Morgan fingerprint density at radius 1 is 1.26 bits per heavy atom. The van der Waals surface area contributed by atoms with Gasteiger partial charge in [-0.2, -0.15) is 5.10 Å². The van der Waals surface area contributed by atoms with Crippen molar-refractivity contribution in [2.45, 2.75) is 13.1 Å². The number of aromatic nitrogens is 3. The van der Waals surface area contributed by atoms with Crippen LogP contribution in [0.25, 0.3) is 0 Å². The van der Waals surface area contributed by atoms with Gasteiger partial charge in [-0.05, 0) is 5.56 Å². The van der Waals surface area contributed by atoms with Crippen LogP contribution in [0.4, 0.5) is 5.13 Å². The number of thiazole rings is 1. The lowest BCUT2D eigenvalue weighted by molar-refractivity contribution is 0.0946. The highest BCUT2D eigenvalue weighted by Crippen LogP contribution is 2.14. The molecule has 2 N–H and O–H groups in total. The summed E-state index contributed by atoms with van der Waals surface area (Å²) in [5, 5.41) is 12.6. The first-order chi connectivity index (χ1) is 11.2. The second kappa shape index (κ2) is 7.06. The highest BCUT2D eigenvalue weighted by Gasteiger charge is 2.10. The molecule has 1 amide bonds. The van der Waals surface area contributed by atoms with Gasteiger partial charge < -0.3 is 10.6 Å². The third-order valence-corrected chi connectivity index (χ3v) is 4.14. The van der Waals surface area contributed by atoms with Gasteiger partial charge >= 0.3 is 0 Å². The fraction of sp³-hybridized carbons (Fsp3) is 0.188. The molecule has 0 saturated heterocycles. The number of carbonyl (C=O) groups excluding carboxylic acids is 1. The summed E-state index contributed by atoms with van der Waals surface area (Å²) >= 11 is 1.41. The fourth-order valence-corrected chi connectivity index (χ4v) is 2.77. The Balaban J connectivity index is 1.55. The number of carbonyl (C=O) groups is 1. The van der Waals surface area contributed by atoms with Crippen LogP contribution < -0.4 is 10.6 Å². The smallest absolute Gasteiger partial charge is 0.271 e. The lowest BCUT2D eigenvalue weighted by atomic mass is 10.2. The van der Waals surface area contributed by atoms with E-state index in [1.54, 1.807) is 18.6 Å². The summed E-state index contributed by atoms with van der Waals surface area (Å²) in [5.41, 5.74) is 2.57. The first-order valence-electron chi connectivity index (χ1n) is 7.21. The molecule has 1 aromatic carbocycles. The lowest BCUT2D eigenvalue weighted by Crippen LogP contribution is -2.22. The summed E-state index contributed by atoms with van der Waals surface area (Å²) in [5.74, 6) is -0.182. The van der Waals surface area contributed by atoms with Crippen molar-refractivity contribution in [1.29, 1.82) is 0 Å². The van der Waals surface area contributed by atoms with Gasteiger partial charge in [0.05, 0.1) is 12.7 Å². The molecule has 0 aliphatic carbocycles. The van der Waals surface area contributed by atoms with E-state index < -0.39 is 0 Å². The Kier molecular flexibility index (Phi) is 4.68. The molecule has 0 atom stereocenters. The maximum Gasteiger partial charge on any atom is 0.271 e. The summed E-state index contributed by atoms with van der Waals surface area (Å²) in [6.07, 6.45) is 3.71. The SMILES string of the molecule is CNc1nc(C(=O)NCc2cnn(Cc3ccccc3)c2)cs1. The Morgan fingerprint density at radius 3 is 2.83 bits per heavy atom. The summed E-state index contributed by atoms with van der Waals surface area (Å²) in [6, 6.07) is 10.1. The number of nitrogens with one attached hydrogen (secondary N) is 2. The highest BCUT2D eigenvalue weighted by atomic mass is 32.1. The molecule has 2 heterocycles. The van der Waals surface area contributed by atoms with Crippen molar-refractivity contribution in [3.05, 3.63) is 64.9 Å².